The van der Waals surface area contributed by atoms with Crippen LogP contribution >= 0.6 is 0 Å². The van der Waals surface area contributed by atoms with Crippen molar-refractivity contribution in [2.24, 2.45) is 0 Å². The van der Waals surface area contributed by atoms with E-state index in [1.54, 1.807) is 25.3 Å². The maximum absolute atomic E-state index is 13.5. The average molecular weight is 318 g/mol. The number of urea groups is 1. The quantitative estimate of drug-likeness (QED) is 0.766. The number of nitrogens with one attached hydrogen (secondary N) is 2. The Morgan fingerprint density at radius 1 is 1.17 bits per heavy atom. The number of carbonyl (C=O) groups is 1. The summed E-state index contributed by atoms with van der Waals surface area (Å²) in [6, 6.07) is 12.8. The number of benzene rings is 2. The van der Waals surface area contributed by atoms with E-state index in [9.17, 15) is 14.3 Å². The van der Waals surface area contributed by atoms with Gasteiger partial charge >= 0.3 is 6.03 Å². The van der Waals surface area contributed by atoms with Crippen molar-refractivity contribution < 1.29 is 19.0 Å². The molecule has 2 amide bonds. The Kier molecular flexibility index (Phi) is 5.94. The molecule has 1 atom stereocenters. The molecule has 5 nitrogen and oxygen atoms in total. The number of methoxy groups -OCH3 is 1. The Labute approximate surface area is 134 Å². The Morgan fingerprint density at radius 2 is 1.87 bits per heavy atom. The molecule has 0 bridgehead atoms. The van der Waals surface area contributed by atoms with Gasteiger partial charge in [0.15, 0.2) is 0 Å². The standard InChI is InChI=1S/C17H19FN2O3/c1-23-16-9-5-2-6-12(16)10-19-17(22)20-11-15(21)13-7-3-4-8-14(13)18/h2-9,15,21H,10-11H2,1H3,(H2,19,20,22)/t15-/m0/s1. The van der Waals surface area contributed by atoms with Crippen molar-refractivity contribution in [2.45, 2.75) is 12.6 Å². The molecule has 2 aromatic rings. The lowest BCUT2D eigenvalue weighted by atomic mass is 10.1. The maximum atomic E-state index is 13.5. The Morgan fingerprint density at radius 3 is 2.61 bits per heavy atom. The smallest absolute Gasteiger partial charge is 0.315 e. The summed E-state index contributed by atoms with van der Waals surface area (Å²) in [4.78, 5) is 11.8. The fraction of sp³-hybridized carbons (Fsp3) is 0.235. The zero-order chi connectivity index (χ0) is 16.7. The molecule has 0 aromatic heterocycles. The van der Waals surface area contributed by atoms with Gasteiger partial charge in [0.05, 0.1) is 13.2 Å². The number of aliphatic hydroxyl groups is 1. The molecule has 0 aliphatic heterocycles. The number of rotatable bonds is 6. The fourth-order valence-electron chi connectivity index (χ4n) is 2.13. The zero-order valence-corrected chi connectivity index (χ0v) is 12.8. The second-order valence-corrected chi connectivity index (χ2v) is 4.91. The summed E-state index contributed by atoms with van der Waals surface area (Å²) < 4.78 is 18.7. The minimum Gasteiger partial charge on any atom is -0.496 e. The molecule has 122 valence electrons. The van der Waals surface area contributed by atoms with Crippen LogP contribution in [0, 0.1) is 5.82 Å². The highest BCUT2D eigenvalue weighted by Crippen LogP contribution is 2.17. The van der Waals surface area contributed by atoms with Crippen molar-refractivity contribution in [1.29, 1.82) is 0 Å². The minimum atomic E-state index is -1.10. The van der Waals surface area contributed by atoms with Crippen molar-refractivity contribution >= 4 is 6.03 Å². The Balaban J connectivity index is 1.82. The highest BCUT2D eigenvalue weighted by atomic mass is 19.1. The lowest BCUT2D eigenvalue weighted by molar-refractivity contribution is 0.169. The molecule has 0 radical (unpaired) electrons. The van der Waals surface area contributed by atoms with Gasteiger partial charge in [0, 0.05) is 24.2 Å². The molecule has 0 unspecified atom stereocenters. The summed E-state index contributed by atoms with van der Waals surface area (Å²) in [6.07, 6.45) is -1.10. The van der Waals surface area contributed by atoms with Crippen molar-refractivity contribution in [3.8, 4) is 5.75 Å². The van der Waals surface area contributed by atoms with E-state index in [-0.39, 0.29) is 18.7 Å². The number of hydrogen-bond donors (Lipinski definition) is 3. The summed E-state index contributed by atoms with van der Waals surface area (Å²) in [5.41, 5.74) is 0.984. The van der Waals surface area contributed by atoms with Crippen LogP contribution in [0.2, 0.25) is 0 Å². The molecule has 0 heterocycles. The van der Waals surface area contributed by atoms with Gasteiger partial charge in [0.25, 0.3) is 0 Å². The van der Waals surface area contributed by atoms with Crippen molar-refractivity contribution in [2.75, 3.05) is 13.7 Å². The third-order valence-corrected chi connectivity index (χ3v) is 3.35. The fourth-order valence-corrected chi connectivity index (χ4v) is 2.13. The molecule has 0 spiro atoms. The van der Waals surface area contributed by atoms with Crippen LogP contribution in [0.4, 0.5) is 9.18 Å². The van der Waals surface area contributed by atoms with Crippen LogP contribution in [0.1, 0.15) is 17.2 Å². The van der Waals surface area contributed by atoms with Gasteiger partial charge < -0.3 is 20.5 Å². The van der Waals surface area contributed by atoms with E-state index in [2.05, 4.69) is 10.6 Å². The summed E-state index contributed by atoms with van der Waals surface area (Å²) in [5, 5.41) is 15.1. The normalized spacial score (nSPS) is 11.6. The number of ether oxygens (including phenoxy) is 1. The van der Waals surface area contributed by atoms with Gasteiger partial charge in [-0.3, -0.25) is 0 Å². The Bertz CT molecular complexity index is 664. The predicted octanol–water partition coefficient (Wildman–Crippen LogP) is 2.37. The summed E-state index contributed by atoms with van der Waals surface area (Å²) in [7, 11) is 1.56. The number of hydrogen-bond acceptors (Lipinski definition) is 3. The van der Waals surface area contributed by atoms with E-state index < -0.39 is 18.0 Å². The molecule has 0 saturated heterocycles. The van der Waals surface area contributed by atoms with Gasteiger partial charge in [0.2, 0.25) is 0 Å². The van der Waals surface area contributed by atoms with E-state index in [1.165, 1.54) is 12.1 Å². The number of aliphatic hydroxyl groups excluding tert-OH is 1. The molecule has 3 N–H and O–H groups in total. The van der Waals surface area contributed by atoms with E-state index in [1.807, 2.05) is 18.2 Å². The molecule has 2 rings (SSSR count). The molecule has 0 aliphatic rings. The summed E-state index contributed by atoms with van der Waals surface area (Å²) in [6.45, 7) is 0.199. The van der Waals surface area contributed by atoms with Crippen molar-refractivity contribution in [3.05, 3.63) is 65.5 Å². The monoisotopic (exact) mass is 318 g/mol. The number of halogens is 1. The van der Waals surface area contributed by atoms with E-state index >= 15 is 0 Å². The third kappa shape index (κ3) is 4.69. The van der Waals surface area contributed by atoms with Gasteiger partial charge in [-0.2, -0.15) is 0 Å². The van der Waals surface area contributed by atoms with Gasteiger partial charge in [0.1, 0.15) is 11.6 Å². The van der Waals surface area contributed by atoms with Crippen LogP contribution in [0.3, 0.4) is 0 Å². The lowest BCUT2D eigenvalue weighted by Gasteiger charge is -2.14. The second-order valence-electron chi connectivity index (χ2n) is 4.91. The van der Waals surface area contributed by atoms with Crippen LogP contribution in [-0.4, -0.2) is 24.8 Å². The maximum Gasteiger partial charge on any atom is 0.315 e. The molecular weight excluding hydrogens is 299 g/mol. The van der Waals surface area contributed by atoms with Crippen molar-refractivity contribution in [3.63, 3.8) is 0 Å². The molecule has 0 aliphatic carbocycles. The largest absolute Gasteiger partial charge is 0.496 e. The predicted molar refractivity (Wildman–Crippen MR) is 84.6 cm³/mol. The topological polar surface area (TPSA) is 70.6 Å². The first kappa shape index (κ1) is 16.8. The van der Waals surface area contributed by atoms with Gasteiger partial charge in [-0.15, -0.1) is 0 Å². The Hall–Kier alpha value is -2.60. The molecule has 6 heteroatoms. The SMILES string of the molecule is COc1ccccc1CNC(=O)NC[C@H](O)c1ccccc1F. The first-order chi connectivity index (χ1) is 11.1. The average Bonchev–Trinajstić information content (AvgIpc) is 2.58. The molecule has 2 aromatic carbocycles. The molecule has 0 saturated carbocycles. The third-order valence-electron chi connectivity index (χ3n) is 3.35. The van der Waals surface area contributed by atoms with E-state index in [0.29, 0.717) is 5.75 Å². The lowest BCUT2D eigenvalue weighted by Crippen LogP contribution is -2.37. The zero-order valence-electron chi connectivity index (χ0n) is 12.8. The first-order valence-corrected chi connectivity index (χ1v) is 7.18. The van der Waals surface area contributed by atoms with Crippen LogP contribution in [0.15, 0.2) is 48.5 Å². The van der Waals surface area contributed by atoms with Gasteiger partial charge in [-0.25, -0.2) is 9.18 Å². The number of amides is 2. The summed E-state index contributed by atoms with van der Waals surface area (Å²) >= 11 is 0. The number of para-hydroxylation sites is 1. The molecular formula is C17H19FN2O3. The minimum absolute atomic E-state index is 0.0846. The second kappa shape index (κ2) is 8.14. The number of carbonyl (C=O) groups excluding carboxylic acids is 1. The van der Waals surface area contributed by atoms with Gasteiger partial charge in [-0.1, -0.05) is 36.4 Å². The first-order valence-electron chi connectivity index (χ1n) is 7.18. The summed E-state index contributed by atoms with van der Waals surface area (Å²) in [5.74, 6) is 0.176. The van der Waals surface area contributed by atoms with Gasteiger partial charge in [-0.05, 0) is 12.1 Å². The van der Waals surface area contributed by atoms with E-state index in [4.69, 9.17) is 4.74 Å². The van der Waals surface area contributed by atoms with E-state index in [0.717, 1.165) is 5.56 Å². The van der Waals surface area contributed by atoms with Crippen molar-refractivity contribution in [1.82, 2.24) is 10.6 Å². The molecule has 0 fully saturated rings. The van der Waals surface area contributed by atoms with Crippen LogP contribution in [0.5, 0.6) is 5.75 Å². The van der Waals surface area contributed by atoms with Crippen LogP contribution in [0.25, 0.3) is 0 Å². The highest BCUT2D eigenvalue weighted by Gasteiger charge is 2.13. The molecule has 23 heavy (non-hydrogen) atoms. The van der Waals surface area contributed by atoms with Crippen LogP contribution < -0.4 is 15.4 Å². The highest BCUT2D eigenvalue weighted by molar-refractivity contribution is 5.73. The van der Waals surface area contributed by atoms with Crippen LogP contribution in [-0.2, 0) is 6.54 Å².